The van der Waals surface area contributed by atoms with E-state index in [1.165, 1.54) is 13.3 Å². The van der Waals surface area contributed by atoms with Crippen LogP contribution in [0.2, 0.25) is 0 Å². The number of hydrogen-bond acceptors (Lipinski definition) is 6. The monoisotopic (exact) mass is 403 g/mol. The normalized spacial score (nSPS) is 10.3. The molecule has 0 aromatic heterocycles. The van der Waals surface area contributed by atoms with E-state index >= 15 is 0 Å². The number of methoxy groups -OCH3 is 1. The first-order valence-electron chi connectivity index (χ1n) is 7.05. The van der Waals surface area contributed by atoms with Crippen LogP contribution in [-0.4, -0.2) is 30.9 Å². The highest BCUT2D eigenvalue weighted by Crippen LogP contribution is 2.34. The average Bonchev–Trinajstić information content (AvgIpc) is 2.63. The summed E-state index contributed by atoms with van der Waals surface area (Å²) in [7, 11) is 1.44. The van der Waals surface area contributed by atoms with Crippen LogP contribution in [0.15, 0.2) is 46.0 Å². The molecule has 1 amide bonds. The third-order valence-electron chi connectivity index (χ3n) is 3.03. The second-order valence-electron chi connectivity index (χ2n) is 4.77. The number of rotatable bonds is 6. The quantitative estimate of drug-likeness (QED) is 0.569. The van der Waals surface area contributed by atoms with E-state index in [2.05, 4.69) is 26.5 Å². The molecule has 0 atom stereocenters. The van der Waals surface area contributed by atoms with Gasteiger partial charge in [-0.15, -0.1) is 0 Å². The highest BCUT2D eigenvalue weighted by Gasteiger charge is 2.07. The molecule has 0 fully saturated rings. The molecule has 2 aromatic rings. The summed E-state index contributed by atoms with van der Waals surface area (Å²) in [5.74, 6) is 0.307. The van der Waals surface area contributed by atoms with E-state index < -0.39 is 5.91 Å². The lowest BCUT2D eigenvalue weighted by atomic mass is 10.2. The summed E-state index contributed by atoms with van der Waals surface area (Å²) in [6.07, 6.45) is 1.41. The molecular formula is C17H14BrN3O4. The van der Waals surface area contributed by atoms with Crippen molar-refractivity contribution in [2.75, 3.05) is 13.7 Å². The van der Waals surface area contributed by atoms with Crippen molar-refractivity contribution in [3.05, 3.63) is 52.0 Å². The molecule has 2 aromatic carbocycles. The Hall–Kier alpha value is -3.05. The summed E-state index contributed by atoms with van der Waals surface area (Å²) < 4.78 is 10.8. The molecule has 0 aliphatic carbocycles. The van der Waals surface area contributed by atoms with E-state index in [-0.39, 0.29) is 18.1 Å². The Balaban J connectivity index is 1.88. The fourth-order valence-electron chi connectivity index (χ4n) is 1.81. The van der Waals surface area contributed by atoms with Crippen LogP contribution in [-0.2, 0) is 4.79 Å². The molecular weight excluding hydrogens is 390 g/mol. The maximum atomic E-state index is 11.7. The molecule has 2 N–H and O–H groups in total. The van der Waals surface area contributed by atoms with Crippen molar-refractivity contribution in [1.82, 2.24) is 5.43 Å². The molecule has 0 heterocycles. The van der Waals surface area contributed by atoms with Gasteiger partial charge in [0.05, 0.1) is 29.4 Å². The number of halogens is 1. The molecule has 0 spiro atoms. The summed E-state index contributed by atoms with van der Waals surface area (Å²) in [6, 6.07) is 11.6. The predicted molar refractivity (Wildman–Crippen MR) is 94.7 cm³/mol. The number of nitrogens with one attached hydrogen (secondary N) is 1. The SMILES string of the molecule is COc1cc(/C=N/NC(=O)COc2ccc(C#N)cc2)cc(Br)c1O. The van der Waals surface area contributed by atoms with Crippen LogP contribution in [0.1, 0.15) is 11.1 Å². The van der Waals surface area contributed by atoms with E-state index in [9.17, 15) is 9.90 Å². The second-order valence-corrected chi connectivity index (χ2v) is 5.63. The van der Waals surface area contributed by atoms with Gasteiger partial charge in [-0.05, 0) is 57.9 Å². The average molecular weight is 404 g/mol. The van der Waals surface area contributed by atoms with E-state index in [0.717, 1.165) is 0 Å². The molecule has 0 bridgehead atoms. The van der Waals surface area contributed by atoms with E-state index in [1.807, 2.05) is 6.07 Å². The lowest BCUT2D eigenvalue weighted by Crippen LogP contribution is -2.24. The van der Waals surface area contributed by atoms with Gasteiger partial charge < -0.3 is 14.6 Å². The molecule has 128 valence electrons. The third kappa shape index (κ3) is 5.22. The zero-order valence-electron chi connectivity index (χ0n) is 13.2. The Kier molecular flexibility index (Phi) is 6.37. The summed E-state index contributed by atoms with van der Waals surface area (Å²) in [6.45, 7) is -0.216. The van der Waals surface area contributed by atoms with Gasteiger partial charge >= 0.3 is 0 Å². The lowest BCUT2D eigenvalue weighted by molar-refractivity contribution is -0.123. The zero-order valence-corrected chi connectivity index (χ0v) is 14.8. The topological polar surface area (TPSA) is 104 Å². The number of benzene rings is 2. The molecule has 8 heteroatoms. The molecule has 0 unspecified atom stereocenters. The Bertz CT molecular complexity index is 829. The van der Waals surface area contributed by atoms with Crippen LogP contribution >= 0.6 is 15.9 Å². The molecule has 0 radical (unpaired) electrons. The van der Waals surface area contributed by atoms with Gasteiger partial charge in [-0.3, -0.25) is 4.79 Å². The fraction of sp³-hybridized carbons (Fsp3) is 0.118. The number of ether oxygens (including phenoxy) is 2. The summed E-state index contributed by atoms with van der Waals surface area (Å²) >= 11 is 3.20. The molecule has 0 saturated heterocycles. The van der Waals surface area contributed by atoms with Crippen molar-refractivity contribution in [2.24, 2.45) is 5.10 Å². The Morgan fingerprint density at radius 2 is 2.12 bits per heavy atom. The molecule has 0 saturated carbocycles. The molecule has 2 rings (SSSR count). The molecule has 25 heavy (non-hydrogen) atoms. The fourth-order valence-corrected chi connectivity index (χ4v) is 2.27. The number of phenolic OH excluding ortho intramolecular Hbond substituents is 1. The van der Waals surface area contributed by atoms with Crippen LogP contribution in [0.3, 0.4) is 0 Å². The lowest BCUT2D eigenvalue weighted by Gasteiger charge is -2.06. The van der Waals surface area contributed by atoms with Crippen molar-refractivity contribution in [3.63, 3.8) is 0 Å². The Morgan fingerprint density at radius 1 is 1.40 bits per heavy atom. The number of amides is 1. The minimum Gasteiger partial charge on any atom is -0.503 e. The largest absolute Gasteiger partial charge is 0.503 e. The van der Waals surface area contributed by atoms with Gasteiger partial charge in [0.15, 0.2) is 18.1 Å². The van der Waals surface area contributed by atoms with Gasteiger partial charge in [0.25, 0.3) is 5.91 Å². The number of nitriles is 1. The molecule has 0 aliphatic rings. The van der Waals surface area contributed by atoms with Crippen LogP contribution in [0.4, 0.5) is 0 Å². The van der Waals surface area contributed by atoms with E-state index in [1.54, 1.807) is 36.4 Å². The van der Waals surface area contributed by atoms with Crippen LogP contribution in [0.5, 0.6) is 17.2 Å². The van der Waals surface area contributed by atoms with Gasteiger partial charge in [-0.1, -0.05) is 0 Å². The maximum absolute atomic E-state index is 11.7. The second kappa shape index (κ2) is 8.70. The van der Waals surface area contributed by atoms with Crippen LogP contribution in [0, 0.1) is 11.3 Å². The summed E-state index contributed by atoms with van der Waals surface area (Å²) in [5.41, 5.74) is 3.46. The van der Waals surface area contributed by atoms with Gasteiger partial charge in [-0.2, -0.15) is 10.4 Å². The minimum absolute atomic E-state index is 0.0143. The van der Waals surface area contributed by atoms with E-state index in [4.69, 9.17) is 14.7 Å². The minimum atomic E-state index is -0.439. The number of nitrogens with zero attached hydrogens (tertiary/aromatic N) is 2. The summed E-state index contributed by atoms with van der Waals surface area (Å²) in [5, 5.41) is 22.3. The van der Waals surface area contributed by atoms with Crippen molar-refractivity contribution in [3.8, 4) is 23.3 Å². The first-order valence-corrected chi connectivity index (χ1v) is 7.84. The highest BCUT2D eigenvalue weighted by atomic mass is 79.9. The Labute approximate surface area is 152 Å². The number of carbonyl (C=O) groups is 1. The van der Waals surface area contributed by atoms with Crippen molar-refractivity contribution < 1.29 is 19.4 Å². The first-order chi connectivity index (χ1) is 12.0. The van der Waals surface area contributed by atoms with Crippen LogP contribution < -0.4 is 14.9 Å². The molecule has 7 nitrogen and oxygen atoms in total. The van der Waals surface area contributed by atoms with Gasteiger partial charge in [-0.25, -0.2) is 5.43 Å². The molecule has 0 aliphatic heterocycles. The number of phenols is 1. The predicted octanol–water partition coefficient (Wildman–Crippen LogP) is 2.56. The number of carbonyl (C=O) groups excluding carboxylic acids is 1. The van der Waals surface area contributed by atoms with E-state index in [0.29, 0.717) is 21.3 Å². The Morgan fingerprint density at radius 3 is 2.76 bits per heavy atom. The summed E-state index contributed by atoms with van der Waals surface area (Å²) in [4.78, 5) is 11.7. The number of aromatic hydroxyl groups is 1. The number of hydrogen-bond donors (Lipinski definition) is 2. The zero-order chi connectivity index (χ0) is 18.2. The van der Waals surface area contributed by atoms with Crippen LogP contribution in [0.25, 0.3) is 0 Å². The van der Waals surface area contributed by atoms with Gasteiger partial charge in [0.2, 0.25) is 0 Å². The maximum Gasteiger partial charge on any atom is 0.277 e. The van der Waals surface area contributed by atoms with Gasteiger partial charge in [0, 0.05) is 0 Å². The standard InChI is InChI=1S/C17H14BrN3O4/c1-24-15-7-12(6-14(18)17(15)23)9-20-21-16(22)10-25-13-4-2-11(8-19)3-5-13/h2-7,9,23H,10H2,1H3,(H,21,22)/b20-9+. The number of hydrazone groups is 1. The first kappa shape index (κ1) is 18.3. The smallest absolute Gasteiger partial charge is 0.277 e. The van der Waals surface area contributed by atoms with Gasteiger partial charge in [0.1, 0.15) is 5.75 Å². The van der Waals surface area contributed by atoms with Crippen molar-refractivity contribution in [2.45, 2.75) is 0 Å². The highest BCUT2D eigenvalue weighted by molar-refractivity contribution is 9.10. The van der Waals surface area contributed by atoms with Crippen molar-refractivity contribution in [1.29, 1.82) is 5.26 Å². The van der Waals surface area contributed by atoms with Crippen molar-refractivity contribution >= 4 is 28.1 Å². The third-order valence-corrected chi connectivity index (χ3v) is 3.63.